The summed E-state index contributed by atoms with van der Waals surface area (Å²) in [5, 5.41) is 5.65. The minimum atomic E-state index is -0.609. The van der Waals surface area contributed by atoms with Gasteiger partial charge in [0.2, 0.25) is 5.95 Å². The molecule has 5 aromatic rings. The molecule has 0 saturated carbocycles. The maximum atomic E-state index is 13.1. The molecular weight excluding hydrogens is 572 g/mol. The summed E-state index contributed by atoms with van der Waals surface area (Å²) >= 11 is 0. The number of aromatic amines is 1. The van der Waals surface area contributed by atoms with E-state index in [-0.39, 0.29) is 37.6 Å². The summed E-state index contributed by atoms with van der Waals surface area (Å²) in [6.45, 7) is 7.52. The van der Waals surface area contributed by atoms with Crippen LogP contribution in [0.3, 0.4) is 0 Å². The Kier molecular flexibility index (Phi) is 9.38. The van der Waals surface area contributed by atoms with E-state index >= 15 is 0 Å². The van der Waals surface area contributed by atoms with Gasteiger partial charge in [0.1, 0.15) is 29.7 Å². The number of benzene rings is 2. The van der Waals surface area contributed by atoms with Crippen LogP contribution in [0.25, 0.3) is 28.0 Å². The van der Waals surface area contributed by atoms with Crippen molar-refractivity contribution < 1.29 is 14.3 Å². The van der Waals surface area contributed by atoms with Crippen molar-refractivity contribution in [3.05, 3.63) is 78.6 Å². The van der Waals surface area contributed by atoms with Crippen LogP contribution in [-0.4, -0.2) is 86.2 Å². The highest BCUT2D eigenvalue weighted by atomic mass is 16.5. The summed E-state index contributed by atoms with van der Waals surface area (Å²) < 4.78 is 6.80. The number of aromatic nitrogens is 6. The summed E-state index contributed by atoms with van der Waals surface area (Å²) in [6, 6.07) is 15.3. The fourth-order valence-corrected chi connectivity index (χ4v) is 5.15. The molecule has 2 amide bonds. The molecule has 1 aliphatic rings. The van der Waals surface area contributed by atoms with Crippen molar-refractivity contribution in [2.24, 2.45) is 0 Å². The average molecular weight is 611 g/mol. The summed E-state index contributed by atoms with van der Waals surface area (Å²) in [6.07, 6.45) is 4.22. The normalized spacial score (nSPS) is 14.1. The fourth-order valence-electron chi connectivity index (χ4n) is 5.15. The molecule has 4 heterocycles. The quantitative estimate of drug-likeness (QED) is 0.228. The second kappa shape index (κ2) is 13.6. The molecule has 3 N–H and O–H groups in total. The van der Waals surface area contributed by atoms with Crippen molar-refractivity contribution in [2.45, 2.75) is 27.3 Å². The standard InChI is InChI=1S/C31H34N10O3.CH4/c1-4-44-31(43)38-30-36-25-15-22(41-17-26(34-19-41)29(42)35-20(2)21-8-6-5-7-9-21)14-23(28(25)37-30)24-16-27(33-18-32-24)40-12-10-39(3)11-13-40;/h5-9,14-20H,4,10-13H2,1-3H3,(H,35,42)(H2,36,37,38,43);1H4/t20-;/m0./s1. The van der Waals surface area contributed by atoms with Crippen molar-refractivity contribution >= 4 is 34.8 Å². The van der Waals surface area contributed by atoms with Gasteiger partial charge in [-0.3, -0.25) is 10.1 Å². The lowest BCUT2D eigenvalue weighted by Gasteiger charge is -2.33. The first kappa shape index (κ1) is 31.1. The summed E-state index contributed by atoms with van der Waals surface area (Å²) in [4.78, 5) is 51.1. The Hall–Kier alpha value is -5.30. The third-order valence-corrected chi connectivity index (χ3v) is 7.58. The number of carbonyl (C=O) groups excluding carboxylic acids is 2. The molecule has 3 aromatic heterocycles. The molecule has 1 atom stereocenters. The molecule has 0 bridgehead atoms. The molecule has 0 unspecified atom stereocenters. The number of hydrogen-bond donors (Lipinski definition) is 3. The van der Waals surface area contributed by atoms with Crippen molar-refractivity contribution in [3.8, 4) is 16.9 Å². The minimum absolute atomic E-state index is 0. The van der Waals surface area contributed by atoms with Gasteiger partial charge in [-0.2, -0.15) is 0 Å². The van der Waals surface area contributed by atoms with Gasteiger partial charge in [0.05, 0.1) is 23.9 Å². The largest absolute Gasteiger partial charge is 0.450 e. The Labute approximate surface area is 261 Å². The van der Waals surface area contributed by atoms with Crippen LogP contribution >= 0.6 is 0 Å². The van der Waals surface area contributed by atoms with E-state index in [0.717, 1.165) is 48.8 Å². The number of anilines is 2. The second-order valence-corrected chi connectivity index (χ2v) is 10.6. The third-order valence-electron chi connectivity index (χ3n) is 7.58. The zero-order valence-electron chi connectivity index (χ0n) is 24.8. The maximum absolute atomic E-state index is 13.1. The first-order chi connectivity index (χ1) is 21.4. The van der Waals surface area contributed by atoms with E-state index < -0.39 is 6.09 Å². The Balaban J connectivity index is 0.00000400. The lowest BCUT2D eigenvalue weighted by molar-refractivity contribution is 0.0935. The van der Waals surface area contributed by atoms with Gasteiger partial charge < -0.3 is 29.4 Å². The SMILES string of the molecule is C.CCOC(=O)Nc1nc2c(-c3cc(N4CCN(C)CC4)ncn3)cc(-n3cnc(C(=O)N[C@@H](C)c4ccccc4)c3)cc2[nH]1. The van der Waals surface area contributed by atoms with E-state index in [9.17, 15) is 9.59 Å². The molecule has 0 aliphatic carbocycles. The van der Waals surface area contributed by atoms with Gasteiger partial charge in [-0.05, 0) is 38.6 Å². The number of likely N-dealkylation sites (N-methyl/N-ethyl adjacent to an activating group) is 1. The fraction of sp³-hybridized carbons (Fsp3) is 0.312. The summed E-state index contributed by atoms with van der Waals surface area (Å²) in [5.74, 6) is 0.790. The Morgan fingerprint density at radius 3 is 2.58 bits per heavy atom. The van der Waals surface area contributed by atoms with Gasteiger partial charge in [0.15, 0.2) is 0 Å². The number of amides is 2. The number of hydrogen-bond acceptors (Lipinski definition) is 9. The first-order valence-corrected chi connectivity index (χ1v) is 14.5. The minimum Gasteiger partial charge on any atom is -0.450 e. The Morgan fingerprint density at radius 2 is 1.82 bits per heavy atom. The van der Waals surface area contributed by atoms with Crippen LogP contribution in [0.1, 0.15) is 43.4 Å². The van der Waals surface area contributed by atoms with Crippen LogP contribution in [0.4, 0.5) is 16.6 Å². The average Bonchev–Trinajstić information content (AvgIpc) is 3.69. The van der Waals surface area contributed by atoms with Crippen molar-refractivity contribution in [2.75, 3.05) is 50.1 Å². The van der Waals surface area contributed by atoms with E-state index in [4.69, 9.17) is 4.74 Å². The predicted octanol–water partition coefficient (Wildman–Crippen LogP) is 4.65. The number of piperazine rings is 1. The lowest BCUT2D eigenvalue weighted by atomic mass is 10.1. The molecule has 2 aromatic carbocycles. The maximum Gasteiger partial charge on any atom is 0.413 e. The van der Waals surface area contributed by atoms with Crippen LogP contribution in [0.5, 0.6) is 0 Å². The molecule has 1 aliphatic heterocycles. The Bertz CT molecular complexity index is 1780. The van der Waals surface area contributed by atoms with Crippen LogP contribution < -0.4 is 15.5 Å². The molecular formula is C32H38N10O3. The van der Waals surface area contributed by atoms with Crippen LogP contribution in [-0.2, 0) is 4.74 Å². The van der Waals surface area contributed by atoms with Gasteiger partial charge in [-0.15, -0.1) is 0 Å². The van der Waals surface area contributed by atoms with E-state index in [1.165, 1.54) is 0 Å². The highest BCUT2D eigenvalue weighted by Gasteiger charge is 2.20. The molecule has 234 valence electrons. The van der Waals surface area contributed by atoms with Crippen molar-refractivity contribution in [1.82, 2.24) is 39.7 Å². The smallest absolute Gasteiger partial charge is 0.413 e. The predicted molar refractivity (Wildman–Crippen MR) is 174 cm³/mol. The van der Waals surface area contributed by atoms with Gasteiger partial charge in [0, 0.05) is 49.7 Å². The number of rotatable bonds is 8. The number of nitrogens with zero attached hydrogens (tertiary/aromatic N) is 7. The highest BCUT2D eigenvalue weighted by molar-refractivity contribution is 5.96. The van der Waals surface area contributed by atoms with Gasteiger partial charge >= 0.3 is 6.09 Å². The van der Waals surface area contributed by atoms with Crippen LogP contribution in [0, 0.1) is 0 Å². The van der Waals surface area contributed by atoms with Gasteiger partial charge in [-0.1, -0.05) is 37.8 Å². The number of fused-ring (bicyclic) bond motifs is 1. The first-order valence-electron chi connectivity index (χ1n) is 14.5. The number of nitrogens with one attached hydrogen (secondary N) is 3. The lowest BCUT2D eigenvalue weighted by Crippen LogP contribution is -2.44. The summed E-state index contributed by atoms with van der Waals surface area (Å²) in [7, 11) is 2.11. The molecule has 13 heteroatoms. The number of imidazole rings is 2. The van der Waals surface area contributed by atoms with E-state index in [1.54, 1.807) is 30.3 Å². The molecule has 6 rings (SSSR count). The molecule has 1 saturated heterocycles. The number of ether oxygens (including phenoxy) is 1. The summed E-state index contributed by atoms with van der Waals surface area (Å²) in [5.41, 5.74) is 4.66. The second-order valence-electron chi connectivity index (χ2n) is 10.6. The highest BCUT2D eigenvalue weighted by Crippen LogP contribution is 2.32. The van der Waals surface area contributed by atoms with Crippen molar-refractivity contribution in [1.29, 1.82) is 0 Å². The van der Waals surface area contributed by atoms with Gasteiger partial charge in [0.25, 0.3) is 5.91 Å². The molecule has 45 heavy (non-hydrogen) atoms. The van der Waals surface area contributed by atoms with E-state index in [1.807, 2.05) is 55.5 Å². The monoisotopic (exact) mass is 610 g/mol. The molecule has 0 radical (unpaired) electrons. The van der Waals surface area contributed by atoms with Crippen LogP contribution in [0.15, 0.2) is 67.4 Å². The Morgan fingerprint density at radius 1 is 1.04 bits per heavy atom. The topological polar surface area (TPSA) is 146 Å². The molecule has 0 spiro atoms. The number of carbonyl (C=O) groups is 2. The molecule has 13 nitrogen and oxygen atoms in total. The van der Waals surface area contributed by atoms with E-state index in [0.29, 0.717) is 16.7 Å². The van der Waals surface area contributed by atoms with Gasteiger partial charge in [-0.25, -0.2) is 24.7 Å². The third kappa shape index (κ3) is 6.93. The van der Waals surface area contributed by atoms with Crippen LogP contribution in [0.2, 0.25) is 0 Å². The molecule has 1 fully saturated rings. The number of H-pyrrole nitrogens is 1. The van der Waals surface area contributed by atoms with E-state index in [2.05, 4.69) is 52.4 Å². The van der Waals surface area contributed by atoms with Crippen molar-refractivity contribution in [3.63, 3.8) is 0 Å². The zero-order valence-corrected chi connectivity index (χ0v) is 24.8. The zero-order chi connectivity index (χ0) is 30.6.